The Hall–Kier alpha value is -0.830. The highest BCUT2D eigenvalue weighted by atomic mass is 127. The first kappa shape index (κ1) is 23.4. The number of sulfone groups is 1. The van der Waals surface area contributed by atoms with Crippen LogP contribution in [-0.4, -0.2) is 45.7 Å². The minimum absolute atomic E-state index is 0. The van der Waals surface area contributed by atoms with E-state index < -0.39 is 9.84 Å². The molecule has 7 heteroatoms. The van der Waals surface area contributed by atoms with E-state index >= 15 is 0 Å². The zero-order chi connectivity index (χ0) is 19.3. The minimum atomic E-state index is -3.14. The van der Waals surface area contributed by atoms with Crippen molar-refractivity contribution in [3.63, 3.8) is 0 Å². The van der Waals surface area contributed by atoms with E-state index in [1.165, 1.54) is 57.6 Å². The predicted octanol–water partition coefficient (Wildman–Crippen LogP) is 4.22. The lowest BCUT2D eigenvalue weighted by atomic mass is 9.74. The molecule has 0 unspecified atom stereocenters. The van der Waals surface area contributed by atoms with E-state index in [9.17, 15) is 8.42 Å². The highest BCUT2D eigenvalue weighted by Crippen LogP contribution is 2.42. The highest BCUT2D eigenvalue weighted by Gasteiger charge is 2.36. The number of halogens is 1. The van der Waals surface area contributed by atoms with Crippen molar-refractivity contribution in [3.8, 4) is 0 Å². The lowest BCUT2D eigenvalue weighted by molar-refractivity contribution is 0.115. The summed E-state index contributed by atoms with van der Waals surface area (Å²) in [7, 11) is -1.29. The largest absolute Gasteiger partial charge is 0.352 e. The predicted molar refractivity (Wildman–Crippen MR) is 126 cm³/mol. The fraction of sp³-hybridized carbons (Fsp3) is 0.667. The molecule has 0 aromatic heterocycles. The number of hydrogen-bond donors (Lipinski definition) is 1. The number of nitrogens with one attached hydrogen (secondary N) is 1. The Balaban J connectivity index is 0.00000280. The van der Waals surface area contributed by atoms with Crippen LogP contribution in [0.25, 0.3) is 0 Å². The number of nitrogens with zero attached hydrogens (tertiary/aromatic N) is 2. The van der Waals surface area contributed by atoms with Crippen LogP contribution in [0, 0.1) is 5.41 Å². The van der Waals surface area contributed by atoms with Gasteiger partial charge in [-0.15, -0.1) is 24.0 Å². The van der Waals surface area contributed by atoms with Crippen LogP contribution in [0.3, 0.4) is 0 Å². The van der Waals surface area contributed by atoms with Crippen molar-refractivity contribution in [1.29, 1.82) is 0 Å². The molecule has 1 aromatic rings. The third kappa shape index (κ3) is 6.08. The van der Waals surface area contributed by atoms with Crippen molar-refractivity contribution in [1.82, 2.24) is 10.2 Å². The molecular weight excluding hydrogens is 485 g/mol. The number of piperidine rings is 1. The molecule has 1 saturated carbocycles. The van der Waals surface area contributed by atoms with Crippen molar-refractivity contribution in [3.05, 3.63) is 29.8 Å². The van der Waals surface area contributed by atoms with E-state index in [0.29, 0.717) is 16.9 Å². The summed E-state index contributed by atoms with van der Waals surface area (Å²) in [5.74, 6) is 0.963. The van der Waals surface area contributed by atoms with E-state index in [-0.39, 0.29) is 24.0 Å². The molecule has 1 N–H and O–H groups in total. The van der Waals surface area contributed by atoms with Gasteiger partial charge in [0.1, 0.15) is 0 Å². The van der Waals surface area contributed by atoms with Crippen molar-refractivity contribution in [2.75, 3.05) is 26.4 Å². The molecule has 158 valence electrons. The molecule has 28 heavy (non-hydrogen) atoms. The Bertz CT molecular complexity index is 754. The first-order valence-corrected chi connectivity index (χ1v) is 12.1. The molecule has 5 nitrogen and oxygen atoms in total. The molecule has 1 saturated heterocycles. The third-order valence-corrected chi connectivity index (χ3v) is 7.27. The molecule has 1 aliphatic carbocycles. The van der Waals surface area contributed by atoms with Crippen LogP contribution in [0.15, 0.2) is 34.2 Å². The smallest absolute Gasteiger partial charge is 0.193 e. The maximum atomic E-state index is 11.6. The van der Waals surface area contributed by atoms with Gasteiger partial charge >= 0.3 is 0 Å². The van der Waals surface area contributed by atoms with E-state index in [1.54, 1.807) is 12.1 Å². The first-order chi connectivity index (χ1) is 12.9. The molecule has 1 spiro atoms. The second kappa shape index (κ2) is 10.3. The zero-order valence-electron chi connectivity index (χ0n) is 17.1. The lowest BCUT2D eigenvalue weighted by Crippen LogP contribution is -2.50. The normalized spacial score (nSPS) is 20.4. The molecule has 2 fully saturated rings. The quantitative estimate of drug-likeness (QED) is 0.369. The fourth-order valence-electron chi connectivity index (χ4n) is 4.64. The molecule has 1 aliphatic heterocycles. The molecule has 1 heterocycles. The van der Waals surface area contributed by atoms with Crippen molar-refractivity contribution >= 4 is 39.8 Å². The minimum Gasteiger partial charge on any atom is -0.352 e. The first-order valence-electron chi connectivity index (χ1n) is 10.2. The number of guanidine groups is 1. The van der Waals surface area contributed by atoms with Gasteiger partial charge in [-0.1, -0.05) is 37.8 Å². The van der Waals surface area contributed by atoms with Crippen molar-refractivity contribution in [2.45, 2.75) is 62.8 Å². The number of hydrogen-bond acceptors (Lipinski definition) is 3. The topological polar surface area (TPSA) is 61.8 Å². The maximum absolute atomic E-state index is 11.6. The Labute approximate surface area is 187 Å². The maximum Gasteiger partial charge on any atom is 0.193 e. The second-order valence-electron chi connectivity index (χ2n) is 8.26. The van der Waals surface area contributed by atoms with Gasteiger partial charge < -0.3 is 10.2 Å². The van der Waals surface area contributed by atoms with Crippen LogP contribution >= 0.6 is 24.0 Å². The molecule has 0 bridgehead atoms. The molecular formula is C21H34IN3O2S. The summed E-state index contributed by atoms with van der Waals surface area (Å²) in [6, 6.07) is 7.10. The van der Waals surface area contributed by atoms with Crippen LogP contribution in [-0.2, 0) is 16.4 Å². The number of aliphatic imine (C=N–C) groups is 1. The standard InChI is InChI=1S/C21H33N3O2S.HI/c1-22-20(23-16-18-8-10-19(11-9-18)27(2,25)26)24-15-7-14-21(17-24)12-5-3-4-6-13-21;/h8-11H,3-7,12-17H2,1-2H3,(H,22,23);1H. The van der Waals surface area contributed by atoms with Crippen LogP contribution in [0.4, 0.5) is 0 Å². The van der Waals surface area contributed by atoms with E-state index in [4.69, 9.17) is 0 Å². The Morgan fingerprint density at radius 3 is 2.25 bits per heavy atom. The van der Waals surface area contributed by atoms with E-state index in [1.807, 2.05) is 19.2 Å². The van der Waals surface area contributed by atoms with Gasteiger partial charge in [0.05, 0.1) is 4.90 Å². The van der Waals surface area contributed by atoms with E-state index in [2.05, 4.69) is 15.2 Å². The lowest BCUT2D eigenvalue weighted by Gasteiger charge is -2.44. The number of rotatable bonds is 3. The molecule has 0 atom stereocenters. The molecule has 3 rings (SSSR count). The summed E-state index contributed by atoms with van der Waals surface area (Å²) < 4.78 is 23.2. The van der Waals surface area contributed by atoms with Gasteiger partial charge in [-0.05, 0) is 48.8 Å². The van der Waals surface area contributed by atoms with Gasteiger partial charge in [0.2, 0.25) is 0 Å². The fourth-order valence-corrected chi connectivity index (χ4v) is 5.27. The molecule has 0 amide bonds. The van der Waals surface area contributed by atoms with Crippen molar-refractivity contribution < 1.29 is 8.42 Å². The third-order valence-electron chi connectivity index (χ3n) is 6.14. The molecule has 1 aromatic carbocycles. The van der Waals surface area contributed by atoms with Gasteiger partial charge in [-0.3, -0.25) is 4.99 Å². The van der Waals surface area contributed by atoms with Crippen LogP contribution < -0.4 is 5.32 Å². The Kier molecular flexibility index (Phi) is 8.60. The van der Waals surface area contributed by atoms with Gasteiger partial charge in [0, 0.05) is 32.9 Å². The average Bonchev–Trinajstić information content (AvgIpc) is 2.87. The summed E-state index contributed by atoms with van der Waals surface area (Å²) >= 11 is 0. The highest BCUT2D eigenvalue weighted by molar-refractivity contribution is 14.0. The molecule has 2 aliphatic rings. The van der Waals surface area contributed by atoms with Gasteiger partial charge in [-0.25, -0.2) is 8.42 Å². The summed E-state index contributed by atoms with van der Waals surface area (Å²) in [6.07, 6.45) is 12.1. The van der Waals surface area contributed by atoms with Crippen LogP contribution in [0.5, 0.6) is 0 Å². The van der Waals surface area contributed by atoms with Crippen LogP contribution in [0.2, 0.25) is 0 Å². The number of likely N-dealkylation sites (tertiary alicyclic amines) is 1. The van der Waals surface area contributed by atoms with Crippen LogP contribution in [0.1, 0.15) is 56.9 Å². The summed E-state index contributed by atoms with van der Waals surface area (Å²) in [6.45, 7) is 2.83. The Morgan fingerprint density at radius 2 is 1.68 bits per heavy atom. The molecule has 0 radical (unpaired) electrons. The number of benzene rings is 1. The second-order valence-corrected chi connectivity index (χ2v) is 10.3. The van der Waals surface area contributed by atoms with Gasteiger partial charge in [0.25, 0.3) is 0 Å². The zero-order valence-corrected chi connectivity index (χ0v) is 20.3. The van der Waals surface area contributed by atoms with Gasteiger partial charge in [0.15, 0.2) is 15.8 Å². The van der Waals surface area contributed by atoms with E-state index in [0.717, 1.165) is 24.6 Å². The monoisotopic (exact) mass is 519 g/mol. The van der Waals surface area contributed by atoms with Crippen molar-refractivity contribution in [2.24, 2.45) is 10.4 Å². The average molecular weight is 519 g/mol. The Morgan fingerprint density at radius 1 is 1.07 bits per heavy atom. The summed E-state index contributed by atoms with van der Waals surface area (Å²) in [4.78, 5) is 7.31. The SMILES string of the molecule is CN=C(NCc1ccc(S(C)(=O)=O)cc1)N1CCCC2(CCCCCC2)C1.I. The van der Waals surface area contributed by atoms with Gasteiger partial charge in [-0.2, -0.15) is 0 Å². The summed E-state index contributed by atoms with van der Waals surface area (Å²) in [5, 5.41) is 3.48. The summed E-state index contributed by atoms with van der Waals surface area (Å²) in [5.41, 5.74) is 1.54.